The normalized spacial score (nSPS) is 24.6. The highest BCUT2D eigenvalue weighted by atomic mass is 35.5. The topological polar surface area (TPSA) is 17.1 Å². The molecule has 4 heteroatoms. The summed E-state index contributed by atoms with van der Waals surface area (Å²) >= 11 is 5.44. The average molecular weight is 259 g/mol. The molecule has 0 atom stereocenters. The van der Waals surface area contributed by atoms with E-state index in [4.69, 9.17) is 11.6 Å². The molecule has 0 spiro atoms. The predicted octanol–water partition coefficient (Wildman–Crippen LogP) is 4.09. The highest BCUT2D eigenvalue weighted by Crippen LogP contribution is 2.36. The second kappa shape index (κ2) is 5.13. The van der Waals surface area contributed by atoms with Crippen LogP contribution in [0.25, 0.3) is 0 Å². The van der Waals surface area contributed by atoms with Crippen molar-refractivity contribution < 1.29 is 13.6 Å². The number of halogens is 3. The van der Waals surface area contributed by atoms with Gasteiger partial charge in [-0.1, -0.05) is 11.6 Å². The van der Waals surface area contributed by atoms with Crippen molar-refractivity contribution in [3.05, 3.63) is 34.4 Å². The van der Waals surface area contributed by atoms with E-state index >= 15 is 0 Å². The second-order valence-electron chi connectivity index (χ2n) is 4.55. The van der Waals surface area contributed by atoms with Gasteiger partial charge in [0, 0.05) is 5.92 Å². The fraction of sp³-hybridized carbons (Fsp3) is 0.462. The van der Waals surface area contributed by atoms with Gasteiger partial charge in [0.25, 0.3) is 0 Å². The summed E-state index contributed by atoms with van der Waals surface area (Å²) in [6.45, 7) is 0. The third-order valence-electron chi connectivity index (χ3n) is 3.44. The van der Waals surface area contributed by atoms with Crippen LogP contribution in [0, 0.1) is 17.6 Å². The van der Waals surface area contributed by atoms with Gasteiger partial charge in [-0.15, -0.1) is 0 Å². The van der Waals surface area contributed by atoms with Crippen molar-refractivity contribution >= 4 is 17.9 Å². The maximum absolute atomic E-state index is 13.3. The van der Waals surface area contributed by atoms with E-state index in [0.717, 1.165) is 32.0 Å². The number of rotatable bonds is 2. The molecule has 0 amide bonds. The van der Waals surface area contributed by atoms with E-state index < -0.39 is 16.7 Å². The maximum atomic E-state index is 13.3. The van der Waals surface area contributed by atoms with Crippen LogP contribution < -0.4 is 0 Å². The van der Waals surface area contributed by atoms with Gasteiger partial charge in [-0.25, -0.2) is 8.78 Å². The molecule has 0 radical (unpaired) electrons. The molecule has 0 aromatic heterocycles. The zero-order chi connectivity index (χ0) is 12.4. The smallest absolute Gasteiger partial charge is 0.145 e. The summed E-state index contributed by atoms with van der Waals surface area (Å²) in [6, 6.07) is 2.61. The van der Waals surface area contributed by atoms with Crippen molar-refractivity contribution in [1.29, 1.82) is 0 Å². The molecule has 1 nitrogen and oxygen atoms in total. The summed E-state index contributed by atoms with van der Waals surface area (Å²) in [4.78, 5) is 10.6. The lowest BCUT2D eigenvalue weighted by Crippen LogP contribution is -2.14. The summed E-state index contributed by atoms with van der Waals surface area (Å²) in [5.41, 5.74) is 0.647. The number of hydrogen-bond donors (Lipinski definition) is 0. The van der Waals surface area contributed by atoms with E-state index in [1.165, 1.54) is 12.1 Å². The standard InChI is InChI=1S/C13H13ClF2O/c14-13-11(15)5-10(6-12(13)16)9-3-1-8(7-17)2-4-9/h5-9H,1-4H2. The van der Waals surface area contributed by atoms with Crippen LogP contribution in [-0.4, -0.2) is 6.29 Å². The molecule has 1 fully saturated rings. The van der Waals surface area contributed by atoms with Crippen molar-refractivity contribution in [2.75, 3.05) is 0 Å². The van der Waals surface area contributed by atoms with Crippen molar-refractivity contribution in [3.8, 4) is 0 Å². The Kier molecular flexibility index (Phi) is 3.77. The number of hydrogen-bond acceptors (Lipinski definition) is 1. The fourth-order valence-corrected chi connectivity index (χ4v) is 2.51. The monoisotopic (exact) mass is 258 g/mol. The Hall–Kier alpha value is -0.960. The Morgan fingerprint density at radius 1 is 1.12 bits per heavy atom. The van der Waals surface area contributed by atoms with E-state index in [2.05, 4.69) is 0 Å². The zero-order valence-corrected chi connectivity index (χ0v) is 10.0. The van der Waals surface area contributed by atoms with E-state index in [1.807, 2.05) is 0 Å². The average Bonchev–Trinajstić information content (AvgIpc) is 2.35. The third kappa shape index (κ3) is 2.65. The number of aldehydes is 1. The number of benzene rings is 1. The van der Waals surface area contributed by atoms with Gasteiger partial charge in [0.05, 0.1) is 0 Å². The minimum Gasteiger partial charge on any atom is -0.303 e. The van der Waals surface area contributed by atoms with Gasteiger partial charge in [-0.05, 0) is 49.3 Å². The van der Waals surface area contributed by atoms with Crippen molar-refractivity contribution in [1.82, 2.24) is 0 Å². The lowest BCUT2D eigenvalue weighted by Gasteiger charge is -2.25. The molecular weight excluding hydrogens is 246 g/mol. The summed E-state index contributed by atoms with van der Waals surface area (Å²) in [5.74, 6) is -1.18. The summed E-state index contributed by atoms with van der Waals surface area (Å²) in [6.07, 6.45) is 4.15. The molecular formula is C13H13ClF2O. The first-order valence-corrected chi connectivity index (χ1v) is 6.09. The molecule has 1 saturated carbocycles. The zero-order valence-electron chi connectivity index (χ0n) is 9.26. The van der Waals surface area contributed by atoms with Crippen LogP contribution in [0.4, 0.5) is 8.78 Å². The summed E-state index contributed by atoms with van der Waals surface area (Å²) < 4.78 is 26.6. The number of carbonyl (C=O) groups is 1. The molecule has 0 aliphatic heterocycles. The molecule has 1 aromatic carbocycles. The van der Waals surface area contributed by atoms with Gasteiger partial charge in [0.2, 0.25) is 0 Å². The second-order valence-corrected chi connectivity index (χ2v) is 4.92. The first kappa shape index (κ1) is 12.5. The summed E-state index contributed by atoms with van der Waals surface area (Å²) in [5, 5.41) is -0.449. The minimum absolute atomic E-state index is 0.105. The molecule has 92 valence electrons. The molecule has 1 aromatic rings. The maximum Gasteiger partial charge on any atom is 0.145 e. The van der Waals surface area contributed by atoms with E-state index in [-0.39, 0.29) is 11.8 Å². The molecule has 0 unspecified atom stereocenters. The van der Waals surface area contributed by atoms with Crippen LogP contribution in [-0.2, 0) is 4.79 Å². The van der Waals surface area contributed by atoms with Gasteiger partial charge in [-0.2, -0.15) is 0 Å². The van der Waals surface area contributed by atoms with Crippen LogP contribution >= 0.6 is 11.6 Å². The largest absolute Gasteiger partial charge is 0.303 e. The Bertz CT molecular complexity index is 402. The van der Waals surface area contributed by atoms with Crippen molar-refractivity contribution in [2.45, 2.75) is 31.6 Å². The first-order valence-electron chi connectivity index (χ1n) is 5.71. The van der Waals surface area contributed by atoms with Crippen LogP contribution in [0.5, 0.6) is 0 Å². The SMILES string of the molecule is O=CC1CCC(c2cc(F)c(Cl)c(F)c2)CC1. The van der Waals surface area contributed by atoms with E-state index in [1.54, 1.807) is 0 Å². The van der Waals surface area contributed by atoms with Crippen molar-refractivity contribution in [3.63, 3.8) is 0 Å². The molecule has 17 heavy (non-hydrogen) atoms. The summed E-state index contributed by atoms with van der Waals surface area (Å²) in [7, 11) is 0. The highest BCUT2D eigenvalue weighted by Gasteiger charge is 2.23. The molecule has 0 N–H and O–H groups in total. The van der Waals surface area contributed by atoms with Gasteiger partial charge < -0.3 is 4.79 Å². The quantitative estimate of drug-likeness (QED) is 0.577. The Balaban J connectivity index is 2.16. The first-order chi connectivity index (χ1) is 8.11. The van der Waals surface area contributed by atoms with Crippen LogP contribution in [0.3, 0.4) is 0 Å². The van der Waals surface area contributed by atoms with Gasteiger partial charge in [-0.3, -0.25) is 0 Å². The Labute approximate surface area is 104 Å². The number of carbonyl (C=O) groups excluding carboxylic acids is 1. The minimum atomic E-state index is -0.709. The molecule has 1 aliphatic carbocycles. The molecule has 2 rings (SSSR count). The van der Waals surface area contributed by atoms with Gasteiger partial charge in [0.15, 0.2) is 0 Å². The van der Waals surface area contributed by atoms with Gasteiger partial charge >= 0.3 is 0 Å². The highest BCUT2D eigenvalue weighted by molar-refractivity contribution is 6.30. The van der Waals surface area contributed by atoms with Crippen molar-refractivity contribution in [2.24, 2.45) is 5.92 Å². The van der Waals surface area contributed by atoms with Crippen LogP contribution in [0.1, 0.15) is 37.2 Å². The Morgan fingerprint density at radius 3 is 2.12 bits per heavy atom. The molecule has 0 saturated heterocycles. The lowest BCUT2D eigenvalue weighted by atomic mass is 9.79. The Morgan fingerprint density at radius 2 is 1.65 bits per heavy atom. The molecule has 0 heterocycles. The van der Waals surface area contributed by atoms with Crippen LogP contribution in [0.15, 0.2) is 12.1 Å². The van der Waals surface area contributed by atoms with E-state index in [9.17, 15) is 13.6 Å². The van der Waals surface area contributed by atoms with Crippen LogP contribution in [0.2, 0.25) is 5.02 Å². The van der Waals surface area contributed by atoms with E-state index in [0.29, 0.717) is 5.56 Å². The molecule has 0 bridgehead atoms. The fourth-order valence-electron chi connectivity index (χ4n) is 2.40. The molecule has 1 aliphatic rings. The predicted molar refractivity (Wildman–Crippen MR) is 62.1 cm³/mol. The van der Waals surface area contributed by atoms with Gasteiger partial charge in [0.1, 0.15) is 22.9 Å². The lowest BCUT2D eigenvalue weighted by molar-refractivity contribution is -0.111. The third-order valence-corrected chi connectivity index (χ3v) is 3.80.